The Morgan fingerprint density at radius 1 is 1.54 bits per heavy atom. The van der Waals surface area contributed by atoms with Crippen LogP contribution in [0.2, 0.25) is 0 Å². The topological polar surface area (TPSA) is 41.5 Å². The van der Waals surface area contributed by atoms with Crippen molar-refractivity contribution in [3.8, 4) is 0 Å². The quantitative estimate of drug-likeness (QED) is 0.672. The molecule has 0 heterocycles. The van der Waals surface area contributed by atoms with Crippen molar-refractivity contribution in [2.24, 2.45) is 0 Å². The molecule has 3 heteroatoms. The van der Waals surface area contributed by atoms with E-state index in [0.29, 0.717) is 18.7 Å². The number of hydrogen-bond acceptors (Lipinski definition) is 3. The standard InChI is InChI=1S/C10H21NO2/c1-3-8(12)7-11-9-5-4-6-10(9)13-2/h8-12H,3-7H2,1-2H3. The lowest BCUT2D eigenvalue weighted by Crippen LogP contribution is -2.40. The number of rotatable bonds is 5. The first kappa shape index (κ1) is 11.0. The molecule has 0 amide bonds. The summed E-state index contributed by atoms with van der Waals surface area (Å²) in [6, 6.07) is 0.450. The molecule has 0 aromatic rings. The molecule has 2 N–H and O–H groups in total. The molecule has 0 radical (unpaired) electrons. The molecule has 13 heavy (non-hydrogen) atoms. The summed E-state index contributed by atoms with van der Waals surface area (Å²) in [4.78, 5) is 0. The second-order valence-electron chi connectivity index (χ2n) is 3.78. The molecule has 0 aromatic heterocycles. The summed E-state index contributed by atoms with van der Waals surface area (Å²) in [5.74, 6) is 0. The minimum Gasteiger partial charge on any atom is -0.392 e. The van der Waals surface area contributed by atoms with E-state index < -0.39 is 0 Å². The zero-order valence-corrected chi connectivity index (χ0v) is 8.62. The van der Waals surface area contributed by atoms with Crippen LogP contribution in [0.4, 0.5) is 0 Å². The van der Waals surface area contributed by atoms with Gasteiger partial charge in [0.15, 0.2) is 0 Å². The van der Waals surface area contributed by atoms with Crippen LogP contribution in [-0.4, -0.2) is 37.0 Å². The second kappa shape index (κ2) is 5.58. The largest absolute Gasteiger partial charge is 0.392 e. The Hall–Kier alpha value is -0.120. The first-order chi connectivity index (χ1) is 6.27. The molecule has 1 aliphatic carbocycles. The van der Waals surface area contributed by atoms with Gasteiger partial charge in [-0.25, -0.2) is 0 Å². The molecule has 3 nitrogen and oxygen atoms in total. The van der Waals surface area contributed by atoms with E-state index in [2.05, 4.69) is 5.32 Å². The van der Waals surface area contributed by atoms with Gasteiger partial charge < -0.3 is 15.2 Å². The van der Waals surface area contributed by atoms with E-state index in [-0.39, 0.29) is 6.10 Å². The van der Waals surface area contributed by atoms with Gasteiger partial charge >= 0.3 is 0 Å². The first-order valence-corrected chi connectivity index (χ1v) is 5.22. The summed E-state index contributed by atoms with van der Waals surface area (Å²) < 4.78 is 5.35. The lowest BCUT2D eigenvalue weighted by atomic mass is 10.2. The maximum atomic E-state index is 9.37. The third-order valence-corrected chi connectivity index (χ3v) is 2.84. The Kier molecular flexibility index (Phi) is 4.70. The predicted molar refractivity (Wildman–Crippen MR) is 52.7 cm³/mol. The fraction of sp³-hybridized carbons (Fsp3) is 1.00. The van der Waals surface area contributed by atoms with Gasteiger partial charge in [0, 0.05) is 19.7 Å². The molecular formula is C10H21NO2. The smallest absolute Gasteiger partial charge is 0.0724 e. The third kappa shape index (κ3) is 3.25. The monoisotopic (exact) mass is 187 g/mol. The Labute approximate surface area is 80.5 Å². The van der Waals surface area contributed by atoms with E-state index in [1.54, 1.807) is 7.11 Å². The van der Waals surface area contributed by atoms with Crippen LogP contribution >= 0.6 is 0 Å². The summed E-state index contributed by atoms with van der Waals surface area (Å²) >= 11 is 0. The van der Waals surface area contributed by atoms with Crippen LogP contribution < -0.4 is 5.32 Å². The Morgan fingerprint density at radius 3 is 2.92 bits per heavy atom. The lowest BCUT2D eigenvalue weighted by Gasteiger charge is -2.21. The third-order valence-electron chi connectivity index (χ3n) is 2.84. The Balaban J connectivity index is 2.19. The summed E-state index contributed by atoms with van der Waals surface area (Å²) in [5, 5.41) is 12.7. The summed E-state index contributed by atoms with van der Waals surface area (Å²) in [6.07, 6.45) is 4.52. The molecule has 0 aromatic carbocycles. The van der Waals surface area contributed by atoms with Crippen molar-refractivity contribution in [3.05, 3.63) is 0 Å². The lowest BCUT2D eigenvalue weighted by molar-refractivity contribution is 0.0776. The second-order valence-corrected chi connectivity index (χ2v) is 3.78. The number of hydrogen-bond donors (Lipinski definition) is 2. The molecule has 0 spiro atoms. The van der Waals surface area contributed by atoms with Gasteiger partial charge in [0.25, 0.3) is 0 Å². The predicted octanol–water partition coefficient (Wildman–Crippen LogP) is 0.914. The number of aliphatic hydroxyl groups excluding tert-OH is 1. The molecule has 3 atom stereocenters. The maximum absolute atomic E-state index is 9.37. The molecule has 1 rings (SSSR count). The average Bonchev–Trinajstić information content (AvgIpc) is 2.61. The number of nitrogens with one attached hydrogen (secondary N) is 1. The molecular weight excluding hydrogens is 166 g/mol. The summed E-state index contributed by atoms with van der Waals surface area (Å²) in [6.45, 7) is 2.69. The van der Waals surface area contributed by atoms with Gasteiger partial charge in [-0.15, -0.1) is 0 Å². The number of ether oxygens (including phenoxy) is 1. The van der Waals surface area contributed by atoms with Crippen LogP contribution in [0.3, 0.4) is 0 Å². The minimum atomic E-state index is -0.210. The molecule has 3 unspecified atom stereocenters. The van der Waals surface area contributed by atoms with E-state index >= 15 is 0 Å². The molecule has 0 bridgehead atoms. The highest BCUT2D eigenvalue weighted by atomic mass is 16.5. The summed E-state index contributed by atoms with van der Waals surface area (Å²) in [7, 11) is 1.76. The van der Waals surface area contributed by atoms with Gasteiger partial charge in [-0.05, 0) is 25.7 Å². The van der Waals surface area contributed by atoms with Crippen LogP contribution in [0.1, 0.15) is 32.6 Å². The molecule has 1 fully saturated rings. The zero-order chi connectivity index (χ0) is 9.68. The normalized spacial score (nSPS) is 30.7. The minimum absolute atomic E-state index is 0.210. The highest BCUT2D eigenvalue weighted by molar-refractivity contribution is 4.84. The first-order valence-electron chi connectivity index (χ1n) is 5.22. The number of methoxy groups -OCH3 is 1. The maximum Gasteiger partial charge on any atom is 0.0724 e. The van der Waals surface area contributed by atoms with E-state index in [1.807, 2.05) is 6.92 Å². The van der Waals surface area contributed by atoms with Gasteiger partial charge in [-0.3, -0.25) is 0 Å². The van der Waals surface area contributed by atoms with E-state index in [9.17, 15) is 5.11 Å². The molecule has 0 aliphatic heterocycles. The van der Waals surface area contributed by atoms with Crippen molar-refractivity contribution in [3.63, 3.8) is 0 Å². The highest BCUT2D eigenvalue weighted by Crippen LogP contribution is 2.21. The van der Waals surface area contributed by atoms with Crippen molar-refractivity contribution >= 4 is 0 Å². The van der Waals surface area contributed by atoms with Crippen molar-refractivity contribution < 1.29 is 9.84 Å². The van der Waals surface area contributed by atoms with E-state index in [4.69, 9.17) is 4.74 Å². The van der Waals surface area contributed by atoms with Crippen LogP contribution in [0, 0.1) is 0 Å². The van der Waals surface area contributed by atoms with Crippen LogP contribution in [0.25, 0.3) is 0 Å². The van der Waals surface area contributed by atoms with Crippen LogP contribution in [0.15, 0.2) is 0 Å². The van der Waals surface area contributed by atoms with Gasteiger partial charge in [0.2, 0.25) is 0 Å². The van der Waals surface area contributed by atoms with Crippen LogP contribution in [0.5, 0.6) is 0 Å². The summed E-state index contributed by atoms with van der Waals surface area (Å²) in [5.41, 5.74) is 0. The van der Waals surface area contributed by atoms with Crippen molar-refractivity contribution in [1.82, 2.24) is 5.32 Å². The van der Waals surface area contributed by atoms with Gasteiger partial charge in [0.1, 0.15) is 0 Å². The van der Waals surface area contributed by atoms with E-state index in [0.717, 1.165) is 12.8 Å². The van der Waals surface area contributed by atoms with Crippen molar-refractivity contribution in [1.29, 1.82) is 0 Å². The molecule has 1 aliphatic rings. The molecule has 1 saturated carbocycles. The SMILES string of the molecule is CCC(O)CNC1CCCC1OC. The van der Waals surface area contributed by atoms with Crippen molar-refractivity contribution in [2.45, 2.75) is 50.9 Å². The van der Waals surface area contributed by atoms with Gasteiger partial charge in [-0.1, -0.05) is 6.92 Å². The molecule has 78 valence electrons. The van der Waals surface area contributed by atoms with Crippen LogP contribution in [-0.2, 0) is 4.74 Å². The van der Waals surface area contributed by atoms with Crippen molar-refractivity contribution in [2.75, 3.05) is 13.7 Å². The zero-order valence-electron chi connectivity index (χ0n) is 8.62. The fourth-order valence-electron chi connectivity index (χ4n) is 1.87. The van der Waals surface area contributed by atoms with Gasteiger partial charge in [-0.2, -0.15) is 0 Å². The Bertz CT molecular complexity index is 141. The number of aliphatic hydroxyl groups is 1. The van der Waals surface area contributed by atoms with Gasteiger partial charge in [0.05, 0.1) is 12.2 Å². The molecule has 0 saturated heterocycles. The average molecular weight is 187 g/mol. The Morgan fingerprint density at radius 2 is 2.31 bits per heavy atom. The fourth-order valence-corrected chi connectivity index (χ4v) is 1.87. The highest BCUT2D eigenvalue weighted by Gasteiger charge is 2.26. The van der Waals surface area contributed by atoms with E-state index in [1.165, 1.54) is 12.8 Å².